The van der Waals surface area contributed by atoms with Gasteiger partial charge in [-0.2, -0.15) is 0 Å². The summed E-state index contributed by atoms with van der Waals surface area (Å²) < 4.78 is 0. The van der Waals surface area contributed by atoms with Gasteiger partial charge in [-0.25, -0.2) is 0 Å². The molecule has 98 valence electrons. The summed E-state index contributed by atoms with van der Waals surface area (Å²) in [5.74, 6) is -0.238. The molecular weight excluding hydrogens is 218 g/mol. The molecule has 1 N–H and O–H groups in total. The van der Waals surface area contributed by atoms with Crippen LogP contribution >= 0.6 is 0 Å². The van der Waals surface area contributed by atoms with Crippen LogP contribution in [0.25, 0.3) is 0 Å². The molecule has 1 fully saturated rings. The van der Waals surface area contributed by atoms with Gasteiger partial charge < -0.3 is 10.0 Å². The average molecular weight is 241 g/mol. The fraction of sp³-hybridized carbons (Fsp3) is 0.846. The number of carbonyl (C=O) groups excluding carboxylic acids is 1. The molecule has 0 aromatic carbocycles. The maximum absolute atomic E-state index is 12.1. The second-order valence-electron chi connectivity index (χ2n) is 5.48. The molecule has 17 heavy (non-hydrogen) atoms. The third kappa shape index (κ3) is 4.36. The largest absolute Gasteiger partial charge is 0.481 e. The number of aliphatic carboxylic acids is 1. The molecule has 0 spiro atoms. The van der Waals surface area contributed by atoms with Crippen molar-refractivity contribution in [2.45, 2.75) is 52.5 Å². The predicted molar refractivity (Wildman–Crippen MR) is 65.6 cm³/mol. The van der Waals surface area contributed by atoms with E-state index in [9.17, 15) is 9.59 Å². The summed E-state index contributed by atoms with van der Waals surface area (Å²) in [4.78, 5) is 24.6. The molecule has 0 aromatic heterocycles. The number of carboxylic acids is 1. The number of piperidine rings is 1. The van der Waals surface area contributed by atoms with Crippen molar-refractivity contribution in [3.8, 4) is 0 Å². The number of carboxylic acid groups (broad SMARTS) is 1. The standard InChI is InChI=1S/C13H23NO3/c1-9-4-5-11(3)14(8-9)12(15)6-10(2)7-13(16)17/h9-11H,4-8H2,1-3H3,(H,16,17). The summed E-state index contributed by atoms with van der Waals surface area (Å²) in [5.41, 5.74) is 0. The molecule has 4 nitrogen and oxygen atoms in total. The van der Waals surface area contributed by atoms with Gasteiger partial charge >= 0.3 is 5.97 Å². The van der Waals surface area contributed by atoms with Crippen LogP contribution in [0.3, 0.4) is 0 Å². The first-order valence-corrected chi connectivity index (χ1v) is 6.41. The van der Waals surface area contributed by atoms with Crippen LogP contribution in [0.2, 0.25) is 0 Å². The predicted octanol–water partition coefficient (Wildman–Crippen LogP) is 2.13. The Morgan fingerprint density at radius 3 is 2.53 bits per heavy atom. The van der Waals surface area contributed by atoms with Gasteiger partial charge in [0, 0.05) is 25.4 Å². The molecule has 3 atom stereocenters. The van der Waals surface area contributed by atoms with Gasteiger partial charge in [0.2, 0.25) is 5.91 Å². The molecule has 0 aliphatic carbocycles. The van der Waals surface area contributed by atoms with Crippen molar-refractivity contribution in [1.29, 1.82) is 0 Å². The van der Waals surface area contributed by atoms with Gasteiger partial charge in [0.1, 0.15) is 0 Å². The van der Waals surface area contributed by atoms with E-state index >= 15 is 0 Å². The van der Waals surface area contributed by atoms with E-state index in [0.29, 0.717) is 18.4 Å². The van der Waals surface area contributed by atoms with Crippen LogP contribution in [-0.4, -0.2) is 34.5 Å². The van der Waals surface area contributed by atoms with Crippen LogP contribution in [0, 0.1) is 11.8 Å². The summed E-state index contributed by atoms with van der Waals surface area (Å²) in [6.45, 7) is 6.88. The molecule has 1 amide bonds. The zero-order chi connectivity index (χ0) is 13.0. The Bertz CT molecular complexity index is 290. The highest BCUT2D eigenvalue weighted by Crippen LogP contribution is 2.23. The number of carbonyl (C=O) groups is 2. The molecule has 0 radical (unpaired) electrons. The van der Waals surface area contributed by atoms with Crippen LogP contribution in [0.5, 0.6) is 0 Å². The number of hydrogen-bond acceptors (Lipinski definition) is 2. The Labute approximate surface area is 103 Å². The van der Waals surface area contributed by atoms with Gasteiger partial charge in [-0.3, -0.25) is 9.59 Å². The van der Waals surface area contributed by atoms with Crippen molar-refractivity contribution in [2.24, 2.45) is 11.8 Å². The van der Waals surface area contributed by atoms with Crippen LogP contribution in [-0.2, 0) is 9.59 Å². The quantitative estimate of drug-likeness (QED) is 0.820. The zero-order valence-electron chi connectivity index (χ0n) is 11.0. The van der Waals surface area contributed by atoms with E-state index in [-0.39, 0.29) is 18.2 Å². The number of likely N-dealkylation sites (tertiary alicyclic amines) is 1. The highest BCUT2D eigenvalue weighted by Gasteiger charge is 2.27. The maximum Gasteiger partial charge on any atom is 0.303 e. The number of amides is 1. The van der Waals surface area contributed by atoms with E-state index in [1.165, 1.54) is 6.42 Å². The Morgan fingerprint density at radius 2 is 1.94 bits per heavy atom. The normalized spacial score (nSPS) is 26.6. The molecule has 4 heteroatoms. The number of rotatable bonds is 4. The lowest BCUT2D eigenvalue weighted by molar-refractivity contribution is -0.139. The highest BCUT2D eigenvalue weighted by atomic mass is 16.4. The first-order chi connectivity index (χ1) is 7.90. The van der Waals surface area contributed by atoms with Crippen molar-refractivity contribution in [2.75, 3.05) is 6.54 Å². The lowest BCUT2D eigenvalue weighted by atomic mass is 9.93. The third-order valence-corrected chi connectivity index (χ3v) is 3.48. The van der Waals surface area contributed by atoms with Gasteiger partial charge in [0.15, 0.2) is 0 Å². The molecule has 1 aliphatic rings. The maximum atomic E-state index is 12.1. The first-order valence-electron chi connectivity index (χ1n) is 6.41. The second-order valence-corrected chi connectivity index (χ2v) is 5.48. The molecule has 1 heterocycles. The summed E-state index contributed by atoms with van der Waals surface area (Å²) in [7, 11) is 0. The minimum atomic E-state index is -0.828. The fourth-order valence-electron chi connectivity index (χ4n) is 2.42. The van der Waals surface area contributed by atoms with E-state index in [0.717, 1.165) is 13.0 Å². The molecule has 0 aromatic rings. The second kappa shape index (κ2) is 6.03. The average Bonchev–Trinajstić information content (AvgIpc) is 2.20. The van der Waals surface area contributed by atoms with Crippen LogP contribution in [0.1, 0.15) is 46.5 Å². The topological polar surface area (TPSA) is 57.6 Å². The van der Waals surface area contributed by atoms with Crippen LogP contribution in [0.15, 0.2) is 0 Å². The summed E-state index contributed by atoms with van der Waals surface area (Å²) in [5, 5.41) is 8.68. The van der Waals surface area contributed by atoms with Gasteiger partial charge in [-0.05, 0) is 31.6 Å². The molecule has 1 rings (SSSR count). The van der Waals surface area contributed by atoms with Crippen LogP contribution in [0.4, 0.5) is 0 Å². The van der Waals surface area contributed by atoms with E-state index < -0.39 is 5.97 Å². The number of nitrogens with zero attached hydrogens (tertiary/aromatic N) is 1. The van der Waals surface area contributed by atoms with Crippen molar-refractivity contribution < 1.29 is 14.7 Å². The molecule has 1 saturated heterocycles. The third-order valence-electron chi connectivity index (χ3n) is 3.48. The lowest BCUT2D eigenvalue weighted by Gasteiger charge is -2.37. The van der Waals surface area contributed by atoms with Gasteiger partial charge in [0.25, 0.3) is 0 Å². The Kier molecular flexibility index (Phi) is 4.97. The molecule has 0 bridgehead atoms. The van der Waals surface area contributed by atoms with Crippen LogP contribution < -0.4 is 0 Å². The minimum absolute atomic E-state index is 0.0729. The monoisotopic (exact) mass is 241 g/mol. The van der Waals surface area contributed by atoms with E-state index in [1.54, 1.807) is 0 Å². The van der Waals surface area contributed by atoms with Gasteiger partial charge in [0.05, 0.1) is 0 Å². The lowest BCUT2D eigenvalue weighted by Crippen LogP contribution is -2.45. The van der Waals surface area contributed by atoms with Crippen molar-refractivity contribution in [3.05, 3.63) is 0 Å². The molecule has 0 saturated carbocycles. The summed E-state index contributed by atoms with van der Waals surface area (Å²) >= 11 is 0. The summed E-state index contributed by atoms with van der Waals surface area (Å²) in [6, 6.07) is 0.302. The molecule has 1 aliphatic heterocycles. The van der Waals surface area contributed by atoms with Crippen molar-refractivity contribution >= 4 is 11.9 Å². The number of hydrogen-bond donors (Lipinski definition) is 1. The summed E-state index contributed by atoms with van der Waals surface area (Å²) in [6.07, 6.45) is 2.66. The Hall–Kier alpha value is -1.06. The fourth-order valence-corrected chi connectivity index (χ4v) is 2.42. The smallest absolute Gasteiger partial charge is 0.303 e. The van der Waals surface area contributed by atoms with E-state index in [1.807, 2.05) is 11.8 Å². The SMILES string of the molecule is CC(CC(=O)O)CC(=O)N1CC(C)CCC1C. The van der Waals surface area contributed by atoms with E-state index in [2.05, 4.69) is 13.8 Å². The highest BCUT2D eigenvalue weighted by molar-refractivity contribution is 5.77. The Balaban J connectivity index is 2.48. The first kappa shape index (κ1) is 14.0. The van der Waals surface area contributed by atoms with Crippen molar-refractivity contribution in [1.82, 2.24) is 4.90 Å². The Morgan fingerprint density at radius 1 is 1.29 bits per heavy atom. The molecular formula is C13H23NO3. The van der Waals surface area contributed by atoms with Crippen molar-refractivity contribution in [3.63, 3.8) is 0 Å². The zero-order valence-corrected chi connectivity index (χ0v) is 11.0. The van der Waals surface area contributed by atoms with Gasteiger partial charge in [-0.15, -0.1) is 0 Å². The minimum Gasteiger partial charge on any atom is -0.481 e. The van der Waals surface area contributed by atoms with Gasteiger partial charge in [-0.1, -0.05) is 13.8 Å². The van der Waals surface area contributed by atoms with E-state index in [4.69, 9.17) is 5.11 Å². The molecule has 3 unspecified atom stereocenters.